The van der Waals surface area contributed by atoms with Crippen LogP contribution in [0.25, 0.3) is 0 Å². The Labute approximate surface area is 125 Å². The Morgan fingerprint density at radius 2 is 2.16 bits per heavy atom. The first-order chi connectivity index (χ1) is 9.13. The molecule has 0 amide bonds. The van der Waals surface area contributed by atoms with Gasteiger partial charge in [-0.15, -0.1) is 0 Å². The van der Waals surface area contributed by atoms with Gasteiger partial charge in [-0.3, -0.25) is 4.68 Å². The van der Waals surface area contributed by atoms with Crippen LogP contribution < -0.4 is 5.32 Å². The van der Waals surface area contributed by atoms with Gasteiger partial charge in [-0.05, 0) is 57.6 Å². The Morgan fingerprint density at radius 1 is 1.47 bits per heavy atom. The molecule has 0 aliphatic carbocycles. The van der Waals surface area contributed by atoms with E-state index in [4.69, 9.17) is 11.6 Å². The normalized spacial score (nSPS) is 19.0. The van der Waals surface area contributed by atoms with Crippen LogP contribution in [0.2, 0.25) is 5.02 Å². The van der Waals surface area contributed by atoms with Gasteiger partial charge in [0.1, 0.15) is 0 Å². The van der Waals surface area contributed by atoms with Crippen LogP contribution in [0.1, 0.15) is 50.9 Å². The molecule has 1 aliphatic rings. The van der Waals surface area contributed by atoms with Gasteiger partial charge < -0.3 is 5.32 Å². The second-order valence-electron chi connectivity index (χ2n) is 5.55. The van der Waals surface area contributed by atoms with Gasteiger partial charge in [0.25, 0.3) is 0 Å². The van der Waals surface area contributed by atoms with Gasteiger partial charge in [0, 0.05) is 6.04 Å². The predicted molar refractivity (Wildman–Crippen MR) is 84.1 cm³/mol. The molecule has 1 saturated heterocycles. The molecule has 0 spiro atoms. The maximum atomic E-state index is 6.35. The summed E-state index contributed by atoms with van der Waals surface area (Å²) in [6, 6.07) is 0.658. The smallest absolute Gasteiger partial charge is 0.0834 e. The third-order valence-electron chi connectivity index (χ3n) is 3.86. The van der Waals surface area contributed by atoms with Gasteiger partial charge in [-0.2, -0.15) is 16.9 Å². The first-order valence-electron chi connectivity index (χ1n) is 7.11. The standard InChI is InChI=1S/C14H24ClN3S/c1-10(2)18-14(12(15)9-17-18)13(16-3)8-11-4-6-19-7-5-11/h9-11,13,16H,4-8H2,1-3H3. The van der Waals surface area contributed by atoms with Crippen molar-refractivity contribution in [1.82, 2.24) is 15.1 Å². The molecule has 19 heavy (non-hydrogen) atoms. The van der Waals surface area contributed by atoms with Crippen LogP contribution in [-0.2, 0) is 0 Å². The number of nitrogens with one attached hydrogen (secondary N) is 1. The lowest BCUT2D eigenvalue weighted by molar-refractivity contribution is 0.361. The minimum absolute atomic E-state index is 0.311. The van der Waals surface area contributed by atoms with Crippen molar-refractivity contribution in [3.63, 3.8) is 0 Å². The van der Waals surface area contributed by atoms with Crippen molar-refractivity contribution < 1.29 is 0 Å². The van der Waals surface area contributed by atoms with E-state index in [2.05, 4.69) is 40.7 Å². The minimum Gasteiger partial charge on any atom is -0.312 e. The first-order valence-corrected chi connectivity index (χ1v) is 8.64. The molecule has 0 radical (unpaired) electrons. The topological polar surface area (TPSA) is 29.9 Å². The lowest BCUT2D eigenvalue weighted by Gasteiger charge is -2.27. The van der Waals surface area contributed by atoms with Crippen LogP contribution >= 0.6 is 23.4 Å². The molecule has 1 fully saturated rings. The summed E-state index contributed by atoms with van der Waals surface area (Å²) in [5.41, 5.74) is 1.15. The summed E-state index contributed by atoms with van der Waals surface area (Å²) in [6.07, 6.45) is 5.60. The summed E-state index contributed by atoms with van der Waals surface area (Å²) in [6.45, 7) is 4.30. The van der Waals surface area contributed by atoms with Crippen molar-refractivity contribution >= 4 is 23.4 Å². The van der Waals surface area contributed by atoms with Crippen molar-refractivity contribution in [1.29, 1.82) is 0 Å². The van der Waals surface area contributed by atoms with Crippen molar-refractivity contribution in [2.75, 3.05) is 18.6 Å². The fourth-order valence-electron chi connectivity index (χ4n) is 2.77. The summed E-state index contributed by atoms with van der Waals surface area (Å²) < 4.78 is 2.06. The molecule has 2 heterocycles. The molecule has 1 aliphatic heterocycles. The average Bonchev–Trinajstić information content (AvgIpc) is 2.79. The van der Waals surface area contributed by atoms with Crippen LogP contribution in [-0.4, -0.2) is 28.3 Å². The summed E-state index contributed by atoms with van der Waals surface area (Å²) >= 11 is 8.43. The zero-order valence-corrected chi connectivity index (χ0v) is 13.6. The van der Waals surface area contributed by atoms with E-state index in [1.807, 2.05) is 7.05 Å². The Hall–Kier alpha value is -0.190. The van der Waals surface area contributed by atoms with Crippen molar-refractivity contribution in [3.8, 4) is 0 Å². The number of hydrogen-bond donors (Lipinski definition) is 1. The van der Waals surface area contributed by atoms with E-state index in [0.717, 1.165) is 23.1 Å². The van der Waals surface area contributed by atoms with E-state index in [-0.39, 0.29) is 0 Å². The highest BCUT2D eigenvalue weighted by atomic mass is 35.5. The molecule has 1 aromatic heterocycles. The molecule has 1 N–H and O–H groups in total. The van der Waals surface area contributed by atoms with E-state index in [0.29, 0.717) is 12.1 Å². The summed E-state index contributed by atoms with van der Waals surface area (Å²) in [7, 11) is 2.02. The molecule has 108 valence electrons. The third kappa shape index (κ3) is 3.67. The van der Waals surface area contributed by atoms with E-state index in [9.17, 15) is 0 Å². The molecule has 5 heteroatoms. The van der Waals surface area contributed by atoms with Crippen LogP contribution in [0.5, 0.6) is 0 Å². The molecule has 3 nitrogen and oxygen atoms in total. The maximum Gasteiger partial charge on any atom is 0.0834 e. The first kappa shape index (κ1) is 15.2. The molecule has 2 rings (SSSR count). The van der Waals surface area contributed by atoms with Crippen molar-refractivity contribution in [3.05, 3.63) is 16.9 Å². The number of aromatic nitrogens is 2. The van der Waals surface area contributed by atoms with Gasteiger partial charge in [-0.25, -0.2) is 0 Å². The Morgan fingerprint density at radius 3 is 2.74 bits per heavy atom. The molecule has 1 unspecified atom stereocenters. The van der Waals surface area contributed by atoms with Gasteiger partial charge in [0.2, 0.25) is 0 Å². The zero-order valence-electron chi connectivity index (χ0n) is 12.0. The van der Waals surface area contributed by atoms with Gasteiger partial charge in [0.15, 0.2) is 0 Å². The number of nitrogens with zero attached hydrogens (tertiary/aromatic N) is 2. The monoisotopic (exact) mass is 301 g/mol. The van der Waals surface area contributed by atoms with Crippen LogP contribution in [0.15, 0.2) is 6.20 Å². The lowest BCUT2D eigenvalue weighted by Crippen LogP contribution is -2.25. The molecule has 1 atom stereocenters. The molecular formula is C14H24ClN3S. The molecule has 0 aromatic carbocycles. The van der Waals surface area contributed by atoms with Crippen molar-refractivity contribution in [2.45, 2.75) is 45.2 Å². The lowest BCUT2D eigenvalue weighted by atomic mass is 9.92. The molecule has 0 bridgehead atoms. The molecular weight excluding hydrogens is 278 g/mol. The summed E-state index contributed by atoms with van der Waals surface area (Å²) in [5, 5.41) is 8.64. The second-order valence-corrected chi connectivity index (χ2v) is 7.18. The van der Waals surface area contributed by atoms with Crippen LogP contribution in [0, 0.1) is 5.92 Å². The highest BCUT2D eigenvalue weighted by Crippen LogP contribution is 2.34. The quantitative estimate of drug-likeness (QED) is 0.894. The number of halogens is 1. The fourth-order valence-corrected chi connectivity index (χ4v) is 4.24. The Balaban J connectivity index is 2.14. The highest BCUT2D eigenvalue weighted by Gasteiger charge is 2.24. The number of hydrogen-bond acceptors (Lipinski definition) is 3. The summed E-state index contributed by atoms with van der Waals surface area (Å²) in [5.74, 6) is 3.42. The largest absolute Gasteiger partial charge is 0.312 e. The fraction of sp³-hybridized carbons (Fsp3) is 0.786. The molecule has 1 aromatic rings. The van der Waals surface area contributed by atoms with E-state index < -0.39 is 0 Å². The average molecular weight is 302 g/mol. The van der Waals surface area contributed by atoms with E-state index in [1.54, 1.807) is 6.20 Å². The van der Waals surface area contributed by atoms with Gasteiger partial charge in [0.05, 0.1) is 23.0 Å². The minimum atomic E-state index is 0.311. The van der Waals surface area contributed by atoms with E-state index in [1.165, 1.54) is 24.3 Å². The summed E-state index contributed by atoms with van der Waals surface area (Å²) in [4.78, 5) is 0. The number of rotatable bonds is 5. The predicted octanol–water partition coefficient (Wildman–Crippen LogP) is 3.91. The zero-order chi connectivity index (χ0) is 13.8. The SMILES string of the molecule is CNC(CC1CCSCC1)c1c(Cl)cnn1C(C)C. The van der Waals surface area contributed by atoms with Crippen molar-refractivity contribution in [2.24, 2.45) is 5.92 Å². The van der Waals surface area contributed by atoms with Gasteiger partial charge in [-0.1, -0.05) is 11.6 Å². The number of thioether (sulfide) groups is 1. The van der Waals surface area contributed by atoms with Crippen LogP contribution in [0.4, 0.5) is 0 Å². The third-order valence-corrected chi connectivity index (χ3v) is 5.20. The van der Waals surface area contributed by atoms with Crippen LogP contribution in [0.3, 0.4) is 0 Å². The highest BCUT2D eigenvalue weighted by molar-refractivity contribution is 7.99. The Bertz CT molecular complexity index is 399. The molecule has 0 saturated carbocycles. The maximum absolute atomic E-state index is 6.35. The van der Waals surface area contributed by atoms with Gasteiger partial charge >= 0.3 is 0 Å². The second kappa shape index (κ2) is 7.00. The Kier molecular flexibility index (Phi) is 5.60. The van der Waals surface area contributed by atoms with E-state index >= 15 is 0 Å².